The average molecular weight is 286 g/mol. The summed E-state index contributed by atoms with van der Waals surface area (Å²) in [5.74, 6) is 0.607. The fourth-order valence-corrected chi connectivity index (χ4v) is 2.28. The minimum absolute atomic E-state index is 0.173. The molecule has 1 fully saturated rings. The number of hydrogen-bond acceptors (Lipinski definition) is 4. The van der Waals surface area contributed by atoms with Crippen LogP contribution in [0.25, 0.3) is 0 Å². The summed E-state index contributed by atoms with van der Waals surface area (Å²) in [6.07, 6.45) is 2.88. The first-order valence-corrected chi connectivity index (χ1v) is 7.86. The highest BCUT2D eigenvalue weighted by Gasteiger charge is 2.22. The molecule has 1 aliphatic rings. The van der Waals surface area contributed by atoms with Crippen molar-refractivity contribution >= 4 is 6.09 Å². The Kier molecular flexibility index (Phi) is 8.62. The highest BCUT2D eigenvalue weighted by Crippen LogP contribution is 2.11. The Hall–Kier alpha value is -0.810. The molecule has 5 nitrogen and oxygen atoms in total. The lowest BCUT2D eigenvalue weighted by Gasteiger charge is -2.31. The summed E-state index contributed by atoms with van der Waals surface area (Å²) in [5.41, 5.74) is 0. The van der Waals surface area contributed by atoms with Gasteiger partial charge in [0.15, 0.2) is 0 Å². The Morgan fingerprint density at radius 3 is 2.65 bits per heavy atom. The summed E-state index contributed by atoms with van der Waals surface area (Å²) in [6, 6.07) is 0.519. The second-order valence-corrected chi connectivity index (χ2v) is 5.74. The van der Waals surface area contributed by atoms with Crippen LogP contribution >= 0.6 is 0 Å². The monoisotopic (exact) mass is 286 g/mol. The summed E-state index contributed by atoms with van der Waals surface area (Å²) in [6.45, 7) is 10.9. The smallest absolute Gasteiger partial charge is 0.409 e. The molecule has 5 heteroatoms. The molecule has 0 aromatic rings. The highest BCUT2D eigenvalue weighted by molar-refractivity contribution is 5.67. The molecule has 0 unspecified atom stereocenters. The molecule has 0 atom stereocenters. The molecule has 0 aromatic heterocycles. The minimum Gasteiger partial charge on any atom is -0.450 e. The second kappa shape index (κ2) is 10.00. The van der Waals surface area contributed by atoms with E-state index in [1.165, 1.54) is 0 Å². The number of nitrogens with zero attached hydrogens (tertiary/aromatic N) is 1. The van der Waals surface area contributed by atoms with Crippen molar-refractivity contribution in [2.45, 2.75) is 46.1 Å². The molecule has 0 aliphatic carbocycles. The van der Waals surface area contributed by atoms with Gasteiger partial charge in [-0.05, 0) is 38.6 Å². The third-order valence-electron chi connectivity index (χ3n) is 3.37. The van der Waals surface area contributed by atoms with Crippen molar-refractivity contribution in [2.24, 2.45) is 5.92 Å². The van der Waals surface area contributed by atoms with Gasteiger partial charge in [-0.15, -0.1) is 0 Å². The molecule has 0 bridgehead atoms. The van der Waals surface area contributed by atoms with E-state index in [9.17, 15) is 4.79 Å². The molecule has 118 valence electrons. The summed E-state index contributed by atoms with van der Waals surface area (Å²) in [4.78, 5) is 13.4. The number of piperidine rings is 1. The molecule has 1 saturated heterocycles. The molecule has 0 saturated carbocycles. The van der Waals surface area contributed by atoms with Crippen LogP contribution in [-0.4, -0.2) is 56.5 Å². The fourth-order valence-electron chi connectivity index (χ4n) is 2.28. The van der Waals surface area contributed by atoms with Crippen LogP contribution in [0.3, 0.4) is 0 Å². The second-order valence-electron chi connectivity index (χ2n) is 5.74. The van der Waals surface area contributed by atoms with Gasteiger partial charge in [-0.2, -0.15) is 0 Å². The lowest BCUT2D eigenvalue weighted by atomic mass is 10.1. The van der Waals surface area contributed by atoms with Crippen molar-refractivity contribution in [3.63, 3.8) is 0 Å². The van der Waals surface area contributed by atoms with E-state index in [1.807, 2.05) is 6.92 Å². The standard InChI is InChI=1S/C15H30N2O3/c1-4-20-15(18)17-9-6-14(7-10-17)16-8-5-11-19-12-13(2)3/h13-14,16H,4-12H2,1-3H3. The fraction of sp³-hybridized carbons (Fsp3) is 0.933. The molecular formula is C15H30N2O3. The van der Waals surface area contributed by atoms with Crippen molar-refractivity contribution in [3.05, 3.63) is 0 Å². The Balaban J connectivity index is 2.01. The quantitative estimate of drug-likeness (QED) is 0.695. The summed E-state index contributed by atoms with van der Waals surface area (Å²) in [7, 11) is 0. The number of carbonyl (C=O) groups is 1. The van der Waals surface area contributed by atoms with Gasteiger partial charge < -0.3 is 19.7 Å². The Morgan fingerprint density at radius 2 is 2.05 bits per heavy atom. The third kappa shape index (κ3) is 7.10. The molecule has 1 heterocycles. The Morgan fingerprint density at radius 1 is 1.35 bits per heavy atom. The van der Waals surface area contributed by atoms with Crippen molar-refractivity contribution in [2.75, 3.05) is 39.5 Å². The van der Waals surface area contributed by atoms with Crippen LogP contribution in [0.4, 0.5) is 4.79 Å². The van der Waals surface area contributed by atoms with Crippen molar-refractivity contribution in [1.82, 2.24) is 10.2 Å². The van der Waals surface area contributed by atoms with Gasteiger partial charge in [-0.1, -0.05) is 13.8 Å². The van der Waals surface area contributed by atoms with Crippen LogP contribution in [0.2, 0.25) is 0 Å². The summed E-state index contributed by atoms with van der Waals surface area (Å²) >= 11 is 0. The number of amides is 1. The zero-order valence-corrected chi connectivity index (χ0v) is 13.2. The van der Waals surface area contributed by atoms with Gasteiger partial charge in [0.1, 0.15) is 0 Å². The van der Waals surface area contributed by atoms with Crippen molar-refractivity contribution in [3.8, 4) is 0 Å². The third-order valence-corrected chi connectivity index (χ3v) is 3.37. The molecular weight excluding hydrogens is 256 g/mol. The van der Waals surface area contributed by atoms with E-state index in [0.717, 1.165) is 52.1 Å². The van der Waals surface area contributed by atoms with E-state index < -0.39 is 0 Å². The van der Waals surface area contributed by atoms with E-state index in [0.29, 0.717) is 18.6 Å². The van der Waals surface area contributed by atoms with Gasteiger partial charge in [-0.25, -0.2) is 4.79 Å². The first-order chi connectivity index (χ1) is 9.63. The predicted octanol–water partition coefficient (Wildman–Crippen LogP) is 2.26. The van der Waals surface area contributed by atoms with E-state index in [2.05, 4.69) is 19.2 Å². The van der Waals surface area contributed by atoms with Crippen LogP contribution < -0.4 is 5.32 Å². The van der Waals surface area contributed by atoms with Crippen LogP contribution in [0.15, 0.2) is 0 Å². The molecule has 0 aromatic carbocycles. The maximum atomic E-state index is 11.6. The van der Waals surface area contributed by atoms with Gasteiger partial charge >= 0.3 is 6.09 Å². The average Bonchev–Trinajstić information content (AvgIpc) is 2.43. The largest absolute Gasteiger partial charge is 0.450 e. The van der Waals surface area contributed by atoms with Gasteiger partial charge in [0.05, 0.1) is 6.61 Å². The number of likely N-dealkylation sites (tertiary alicyclic amines) is 1. The number of ether oxygens (including phenoxy) is 2. The van der Waals surface area contributed by atoms with Gasteiger partial charge in [0.25, 0.3) is 0 Å². The van der Waals surface area contributed by atoms with Gasteiger partial charge in [-0.3, -0.25) is 0 Å². The molecule has 0 radical (unpaired) electrons. The molecule has 1 aliphatic heterocycles. The van der Waals surface area contributed by atoms with E-state index in [-0.39, 0.29) is 6.09 Å². The van der Waals surface area contributed by atoms with E-state index >= 15 is 0 Å². The van der Waals surface area contributed by atoms with Crippen LogP contribution in [0.5, 0.6) is 0 Å². The number of nitrogens with one attached hydrogen (secondary N) is 1. The van der Waals surface area contributed by atoms with Gasteiger partial charge in [0, 0.05) is 32.3 Å². The topological polar surface area (TPSA) is 50.8 Å². The van der Waals surface area contributed by atoms with Gasteiger partial charge in [0.2, 0.25) is 0 Å². The normalized spacial score (nSPS) is 16.7. The first-order valence-electron chi connectivity index (χ1n) is 7.86. The molecule has 1 N–H and O–H groups in total. The SMILES string of the molecule is CCOC(=O)N1CCC(NCCCOCC(C)C)CC1. The maximum Gasteiger partial charge on any atom is 0.409 e. The summed E-state index contributed by atoms with van der Waals surface area (Å²) in [5, 5.41) is 3.54. The highest BCUT2D eigenvalue weighted by atomic mass is 16.6. The lowest BCUT2D eigenvalue weighted by Crippen LogP contribution is -2.45. The van der Waals surface area contributed by atoms with Crippen LogP contribution in [0.1, 0.15) is 40.0 Å². The van der Waals surface area contributed by atoms with E-state index in [1.54, 1.807) is 4.90 Å². The number of rotatable bonds is 8. The molecule has 20 heavy (non-hydrogen) atoms. The minimum atomic E-state index is -0.173. The predicted molar refractivity (Wildman–Crippen MR) is 79.9 cm³/mol. The molecule has 1 rings (SSSR count). The Labute approximate surface area is 123 Å². The summed E-state index contributed by atoms with van der Waals surface area (Å²) < 4.78 is 10.6. The zero-order valence-electron chi connectivity index (χ0n) is 13.2. The van der Waals surface area contributed by atoms with Crippen molar-refractivity contribution in [1.29, 1.82) is 0 Å². The molecule has 1 amide bonds. The molecule has 0 spiro atoms. The first kappa shape index (κ1) is 17.2. The number of carbonyl (C=O) groups excluding carboxylic acids is 1. The maximum absolute atomic E-state index is 11.6. The lowest BCUT2D eigenvalue weighted by molar-refractivity contribution is 0.0933. The zero-order chi connectivity index (χ0) is 14.8. The van der Waals surface area contributed by atoms with Crippen LogP contribution in [-0.2, 0) is 9.47 Å². The van der Waals surface area contributed by atoms with E-state index in [4.69, 9.17) is 9.47 Å². The Bertz CT molecular complexity index is 264. The van der Waals surface area contributed by atoms with Crippen LogP contribution in [0, 0.1) is 5.92 Å². The number of hydrogen-bond donors (Lipinski definition) is 1. The van der Waals surface area contributed by atoms with Crippen molar-refractivity contribution < 1.29 is 14.3 Å².